The molecule has 0 fully saturated rings. The average Bonchev–Trinajstić information content (AvgIpc) is 2.95. The lowest BCUT2D eigenvalue weighted by molar-refractivity contribution is 0.430. The Morgan fingerprint density at radius 3 is 2.53 bits per heavy atom. The van der Waals surface area contributed by atoms with E-state index in [2.05, 4.69) is 34.5 Å². The lowest BCUT2D eigenvalue weighted by atomic mass is 10.2. The summed E-state index contributed by atoms with van der Waals surface area (Å²) in [5.74, 6) is 1.28. The van der Waals surface area contributed by atoms with Crippen LogP contribution in [0.1, 0.15) is 42.6 Å². The van der Waals surface area contributed by atoms with Crippen molar-refractivity contribution in [1.82, 2.24) is 25.3 Å². The Morgan fingerprint density at radius 1 is 1.16 bits per heavy atom. The monoisotopic (exact) mass is 263 g/mol. The highest BCUT2D eigenvalue weighted by atomic mass is 16.4. The molecule has 19 heavy (non-hydrogen) atoms. The van der Waals surface area contributed by atoms with Gasteiger partial charge in [-0.15, -0.1) is 10.2 Å². The van der Waals surface area contributed by atoms with Gasteiger partial charge in [-0.05, 0) is 20.4 Å². The van der Waals surface area contributed by atoms with Gasteiger partial charge in [0.1, 0.15) is 6.54 Å². The van der Waals surface area contributed by atoms with Crippen LogP contribution in [0.5, 0.6) is 0 Å². The second-order valence-electron chi connectivity index (χ2n) is 4.53. The van der Waals surface area contributed by atoms with E-state index in [4.69, 9.17) is 4.42 Å². The molecule has 2 aromatic rings. The van der Waals surface area contributed by atoms with Crippen LogP contribution < -0.4 is 5.32 Å². The van der Waals surface area contributed by atoms with Crippen LogP contribution in [0.15, 0.2) is 4.42 Å². The van der Waals surface area contributed by atoms with Gasteiger partial charge in [0.2, 0.25) is 11.8 Å². The molecule has 0 bridgehead atoms. The van der Waals surface area contributed by atoms with E-state index in [-0.39, 0.29) is 0 Å². The Labute approximate surface area is 113 Å². The van der Waals surface area contributed by atoms with E-state index >= 15 is 0 Å². The van der Waals surface area contributed by atoms with Gasteiger partial charge in [0, 0.05) is 24.2 Å². The van der Waals surface area contributed by atoms with Gasteiger partial charge in [-0.2, -0.15) is 5.10 Å². The predicted octanol–water partition coefficient (Wildman–Crippen LogP) is 1.60. The lowest BCUT2D eigenvalue weighted by Gasteiger charge is -2.03. The Bertz CT molecular complexity index is 543. The quantitative estimate of drug-likeness (QED) is 0.857. The van der Waals surface area contributed by atoms with E-state index in [0.717, 1.165) is 30.9 Å². The summed E-state index contributed by atoms with van der Waals surface area (Å²) in [6.07, 6.45) is 0.760. The predicted molar refractivity (Wildman–Crippen MR) is 71.9 cm³/mol. The molecule has 0 aromatic carbocycles. The largest absolute Gasteiger partial charge is 0.423 e. The molecule has 1 N–H and O–H groups in total. The third kappa shape index (κ3) is 3.01. The van der Waals surface area contributed by atoms with E-state index in [9.17, 15) is 0 Å². The minimum absolute atomic E-state index is 0.534. The van der Waals surface area contributed by atoms with Gasteiger partial charge in [-0.25, -0.2) is 0 Å². The van der Waals surface area contributed by atoms with Gasteiger partial charge in [0.15, 0.2) is 0 Å². The molecule has 104 valence electrons. The number of hydrogen-bond donors (Lipinski definition) is 1. The van der Waals surface area contributed by atoms with Crippen molar-refractivity contribution in [3.8, 4) is 0 Å². The summed E-state index contributed by atoms with van der Waals surface area (Å²) >= 11 is 0. The van der Waals surface area contributed by atoms with Gasteiger partial charge in [0.25, 0.3) is 0 Å². The molecular formula is C13H21N5O. The number of rotatable bonds is 6. The SMILES string of the molecule is CCNCc1c(C)nn(Cc2nnc(CC)o2)c1C. The molecule has 0 atom stereocenters. The first-order valence-corrected chi connectivity index (χ1v) is 6.70. The third-order valence-corrected chi connectivity index (χ3v) is 3.18. The summed E-state index contributed by atoms with van der Waals surface area (Å²) < 4.78 is 7.45. The molecule has 0 amide bonds. The van der Waals surface area contributed by atoms with Crippen LogP contribution in [0.25, 0.3) is 0 Å². The fourth-order valence-electron chi connectivity index (χ4n) is 2.02. The standard InChI is InChI=1S/C13H21N5O/c1-5-12-15-16-13(19-12)8-18-10(4)11(7-14-6-2)9(3)17-18/h14H,5-8H2,1-4H3. The van der Waals surface area contributed by atoms with Gasteiger partial charge < -0.3 is 9.73 Å². The number of aryl methyl sites for hydroxylation is 2. The van der Waals surface area contributed by atoms with Crippen molar-refractivity contribution in [3.05, 3.63) is 28.7 Å². The molecule has 0 saturated heterocycles. The van der Waals surface area contributed by atoms with Gasteiger partial charge in [-0.3, -0.25) is 4.68 Å². The molecule has 0 aliphatic rings. The van der Waals surface area contributed by atoms with Crippen LogP contribution in [0.3, 0.4) is 0 Å². The smallest absolute Gasteiger partial charge is 0.237 e. The van der Waals surface area contributed by atoms with Crippen LogP contribution >= 0.6 is 0 Å². The van der Waals surface area contributed by atoms with E-state index in [1.54, 1.807) is 0 Å². The summed E-state index contributed by atoms with van der Waals surface area (Å²) in [5.41, 5.74) is 3.44. The average molecular weight is 263 g/mol. The van der Waals surface area contributed by atoms with Crippen LogP contribution in [0, 0.1) is 13.8 Å². The second-order valence-corrected chi connectivity index (χ2v) is 4.53. The zero-order valence-electron chi connectivity index (χ0n) is 12.0. The maximum Gasteiger partial charge on any atom is 0.237 e. The van der Waals surface area contributed by atoms with Crippen molar-refractivity contribution >= 4 is 0 Å². The van der Waals surface area contributed by atoms with E-state index < -0.39 is 0 Å². The normalized spacial score (nSPS) is 11.2. The van der Waals surface area contributed by atoms with Crippen LogP contribution in [0.2, 0.25) is 0 Å². The Balaban J connectivity index is 2.16. The lowest BCUT2D eigenvalue weighted by Crippen LogP contribution is -2.13. The Kier molecular flexibility index (Phi) is 4.31. The number of hydrogen-bond acceptors (Lipinski definition) is 5. The van der Waals surface area contributed by atoms with E-state index in [0.29, 0.717) is 18.3 Å². The molecule has 0 saturated carbocycles. The van der Waals surface area contributed by atoms with E-state index in [1.807, 2.05) is 18.5 Å². The van der Waals surface area contributed by atoms with Crippen molar-refractivity contribution in [1.29, 1.82) is 0 Å². The minimum atomic E-state index is 0.534. The highest BCUT2D eigenvalue weighted by molar-refractivity contribution is 5.24. The molecule has 6 heteroatoms. The molecule has 6 nitrogen and oxygen atoms in total. The molecule has 0 aliphatic carbocycles. The molecule has 2 heterocycles. The molecule has 2 rings (SSSR count). The van der Waals surface area contributed by atoms with Crippen molar-refractivity contribution < 1.29 is 4.42 Å². The highest BCUT2D eigenvalue weighted by Crippen LogP contribution is 2.14. The molecule has 0 aliphatic heterocycles. The van der Waals surface area contributed by atoms with Crippen molar-refractivity contribution in [3.63, 3.8) is 0 Å². The highest BCUT2D eigenvalue weighted by Gasteiger charge is 2.13. The Morgan fingerprint density at radius 2 is 1.89 bits per heavy atom. The fourth-order valence-corrected chi connectivity index (χ4v) is 2.02. The summed E-state index contributed by atoms with van der Waals surface area (Å²) in [5, 5.41) is 15.9. The van der Waals surface area contributed by atoms with Gasteiger partial charge >= 0.3 is 0 Å². The Hall–Kier alpha value is -1.69. The third-order valence-electron chi connectivity index (χ3n) is 3.18. The molecule has 2 aromatic heterocycles. The number of nitrogens with zero attached hydrogens (tertiary/aromatic N) is 4. The molecule has 0 spiro atoms. The van der Waals surface area contributed by atoms with Crippen LogP contribution in [0.4, 0.5) is 0 Å². The summed E-state index contributed by atoms with van der Waals surface area (Å²) in [6, 6.07) is 0. The molecule has 0 radical (unpaired) electrons. The topological polar surface area (TPSA) is 68.8 Å². The maximum absolute atomic E-state index is 5.52. The first-order chi connectivity index (χ1) is 9.15. The second kappa shape index (κ2) is 5.97. The first-order valence-electron chi connectivity index (χ1n) is 6.70. The number of nitrogens with one attached hydrogen (secondary N) is 1. The zero-order valence-corrected chi connectivity index (χ0v) is 12.0. The summed E-state index contributed by atoms with van der Waals surface area (Å²) in [4.78, 5) is 0. The van der Waals surface area contributed by atoms with Gasteiger partial charge in [-0.1, -0.05) is 13.8 Å². The van der Waals surface area contributed by atoms with Gasteiger partial charge in [0.05, 0.1) is 5.69 Å². The first kappa shape index (κ1) is 13.7. The maximum atomic E-state index is 5.52. The minimum Gasteiger partial charge on any atom is -0.423 e. The summed E-state index contributed by atoms with van der Waals surface area (Å²) in [6.45, 7) is 10.5. The van der Waals surface area contributed by atoms with Crippen molar-refractivity contribution in [2.45, 2.75) is 47.2 Å². The molecule has 0 unspecified atom stereocenters. The van der Waals surface area contributed by atoms with Crippen molar-refractivity contribution in [2.24, 2.45) is 0 Å². The van der Waals surface area contributed by atoms with Crippen LogP contribution in [-0.2, 0) is 19.5 Å². The van der Waals surface area contributed by atoms with Crippen molar-refractivity contribution in [2.75, 3.05) is 6.54 Å². The van der Waals surface area contributed by atoms with E-state index in [1.165, 1.54) is 5.56 Å². The van der Waals surface area contributed by atoms with Crippen LogP contribution in [-0.4, -0.2) is 26.5 Å². The zero-order chi connectivity index (χ0) is 13.8. The fraction of sp³-hybridized carbons (Fsp3) is 0.615. The summed E-state index contributed by atoms with van der Waals surface area (Å²) in [7, 11) is 0. The number of aromatic nitrogens is 4. The molecular weight excluding hydrogens is 242 g/mol.